The van der Waals surface area contributed by atoms with E-state index in [1.165, 1.54) is 0 Å². The topological polar surface area (TPSA) is 18.5 Å². The predicted molar refractivity (Wildman–Crippen MR) is 65.0 cm³/mol. The van der Waals surface area contributed by atoms with Gasteiger partial charge in [-0.25, -0.2) is 26.3 Å². The molecule has 29 heavy (non-hydrogen) atoms. The van der Waals surface area contributed by atoms with E-state index in [1.54, 1.807) is 0 Å². The van der Waals surface area contributed by atoms with Crippen molar-refractivity contribution in [3.05, 3.63) is 0 Å². The molecular weight excluding hydrogens is 454 g/mol. The van der Waals surface area contributed by atoms with E-state index in [9.17, 15) is 61.5 Å². The standard InChI is InChI=1S/C7H7F7O.C6H5F7O/c1-4(8,9)7(14)6(12,13)2-5(10,11)3-15-7;1-3(7,8)6(13)4(9,10)2-5(11,12)14-6/h2-3H2,1H3;2H2,1H3. The van der Waals surface area contributed by atoms with Gasteiger partial charge in [0.25, 0.3) is 5.92 Å². The quantitative estimate of drug-likeness (QED) is 0.469. The van der Waals surface area contributed by atoms with E-state index in [4.69, 9.17) is 0 Å². The van der Waals surface area contributed by atoms with Crippen LogP contribution in [0.15, 0.2) is 0 Å². The Morgan fingerprint density at radius 3 is 1.24 bits per heavy atom. The van der Waals surface area contributed by atoms with Crippen LogP contribution in [0.25, 0.3) is 0 Å². The lowest BCUT2D eigenvalue weighted by Crippen LogP contribution is -2.64. The first-order chi connectivity index (χ1) is 12.3. The summed E-state index contributed by atoms with van der Waals surface area (Å²) in [5, 5.41) is 0. The van der Waals surface area contributed by atoms with Gasteiger partial charge < -0.3 is 4.74 Å². The van der Waals surface area contributed by atoms with Crippen molar-refractivity contribution in [3.63, 3.8) is 0 Å². The molecule has 2 nitrogen and oxygen atoms in total. The van der Waals surface area contributed by atoms with Gasteiger partial charge in [-0.2, -0.15) is 35.1 Å². The summed E-state index contributed by atoms with van der Waals surface area (Å²) >= 11 is 0. The lowest BCUT2D eigenvalue weighted by molar-refractivity contribution is -0.402. The summed E-state index contributed by atoms with van der Waals surface area (Å²) in [6.07, 6.45) is -9.27. The van der Waals surface area contributed by atoms with E-state index in [-0.39, 0.29) is 13.8 Å². The fourth-order valence-electron chi connectivity index (χ4n) is 2.35. The molecule has 0 aromatic heterocycles. The van der Waals surface area contributed by atoms with Crippen LogP contribution in [0, 0.1) is 0 Å². The predicted octanol–water partition coefficient (Wildman–Crippen LogP) is 5.95. The molecule has 0 radical (unpaired) electrons. The highest BCUT2D eigenvalue weighted by Gasteiger charge is 2.79. The maximum atomic E-state index is 13.1. The van der Waals surface area contributed by atoms with Gasteiger partial charge in [0.05, 0.1) is 6.42 Å². The molecule has 16 heteroatoms. The number of ether oxygens (including phenoxy) is 2. The maximum Gasteiger partial charge on any atom is 0.364 e. The average molecular weight is 466 g/mol. The lowest BCUT2D eigenvalue weighted by atomic mass is 9.95. The van der Waals surface area contributed by atoms with Crippen molar-refractivity contribution in [2.45, 2.75) is 74.1 Å². The second-order valence-electron chi connectivity index (χ2n) is 6.61. The molecule has 0 bridgehead atoms. The monoisotopic (exact) mass is 466 g/mol. The van der Waals surface area contributed by atoms with Gasteiger partial charge in [-0.15, -0.1) is 0 Å². The number of halogens is 14. The molecule has 0 saturated carbocycles. The molecule has 2 atom stereocenters. The second kappa shape index (κ2) is 6.72. The highest BCUT2D eigenvalue weighted by molar-refractivity contribution is 5.02. The van der Waals surface area contributed by atoms with Gasteiger partial charge in [0.15, 0.2) is 0 Å². The van der Waals surface area contributed by atoms with Gasteiger partial charge in [-0.1, -0.05) is 0 Å². The molecule has 0 aromatic carbocycles. The number of hydrogen-bond acceptors (Lipinski definition) is 2. The molecule has 0 spiro atoms. The summed E-state index contributed by atoms with van der Waals surface area (Å²) in [4.78, 5) is 0. The van der Waals surface area contributed by atoms with Crippen LogP contribution in [0.1, 0.15) is 26.7 Å². The van der Waals surface area contributed by atoms with Crippen LogP contribution in [0.3, 0.4) is 0 Å². The first-order valence-electron chi connectivity index (χ1n) is 7.31. The second-order valence-corrected chi connectivity index (χ2v) is 6.61. The zero-order valence-electron chi connectivity index (χ0n) is 14.2. The van der Waals surface area contributed by atoms with Crippen molar-refractivity contribution >= 4 is 0 Å². The van der Waals surface area contributed by atoms with Crippen LogP contribution >= 0.6 is 0 Å². The Morgan fingerprint density at radius 1 is 0.621 bits per heavy atom. The third-order valence-corrected chi connectivity index (χ3v) is 3.75. The minimum atomic E-state index is -4.95. The zero-order valence-corrected chi connectivity index (χ0v) is 14.2. The molecule has 2 rings (SSSR count). The van der Waals surface area contributed by atoms with Crippen LogP contribution in [-0.2, 0) is 9.47 Å². The lowest BCUT2D eigenvalue weighted by Gasteiger charge is -2.42. The third-order valence-electron chi connectivity index (χ3n) is 3.75. The molecule has 0 aliphatic carbocycles. The van der Waals surface area contributed by atoms with Gasteiger partial charge in [0, 0.05) is 13.8 Å². The summed E-state index contributed by atoms with van der Waals surface area (Å²) in [7, 11) is 0. The Bertz CT molecular complexity index is 610. The Balaban J connectivity index is 0.000000291. The molecule has 2 aliphatic heterocycles. The normalized spacial score (nSPS) is 35.6. The van der Waals surface area contributed by atoms with Crippen LogP contribution in [-0.4, -0.2) is 54.0 Å². The van der Waals surface area contributed by atoms with Gasteiger partial charge in [-0.3, -0.25) is 4.74 Å². The SMILES string of the molecule is CC(F)(F)C1(F)OC(F)(F)CC1(F)F.CC(F)(F)C1(F)OCC(F)(F)CC1(F)F. The number of alkyl halides is 14. The third kappa shape index (κ3) is 4.66. The fourth-order valence-corrected chi connectivity index (χ4v) is 2.35. The van der Waals surface area contributed by atoms with Crippen LogP contribution < -0.4 is 0 Å². The van der Waals surface area contributed by atoms with Crippen molar-refractivity contribution in [2.24, 2.45) is 0 Å². The highest BCUT2D eigenvalue weighted by atomic mass is 19.3. The van der Waals surface area contributed by atoms with Crippen LogP contribution in [0.5, 0.6) is 0 Å². The summed E-state index contributed by atoms with van der Waals surface area (Å²) in [6.45, 7) is -2.19. The Labute approximate surface area is 153 Å². The van der Waals surface area contributed by atoms with Crippen molar-refractivity contribution in [1.29, 1.82) is 0 Å². The molecule has 2 aliphatic rings. The van der Waals surface area contributed by atoms with Crippen molar-refractivity contribution < 1.29 is 70.9 Å². The molecule has 2 heterocycles. The molecular formula is C13H12F14O2. The summed E-state index contributed by atoms with van der Waals surface area (Å²) < 4.78 is 182. The van der Waals surface area contributed by atoms with Crippen molar-refractivity contribution in [1.82, 2.24) is 0 Å². The average Bonchev–Trinajstić information content (AvgIpc) is 2.56. The molecule has 2 fully saturated rings. The molecule has 2 unspecified atom stereocenters. The first kappa shape index (κ1) is 26.0. The Hall–Kier alpha value is -1.06. The number of rotatable bonds is 2. The van der Waals surface area contributed by atoms with Gasteiger partial charge in [0.1, 0.15) is 13.0 Å². The summed E-state index contributed by atoms with van der Waals surface area (Å²) in [6, 6.07) is 0. The van der Waals surface area contributed by atoms with Crippen LogP contribution in [0.2, 0.25) is 0 Å². The number of hydrogen-bond donors (Lipinski definition) is 0. The van der Waals surface area contributed by atoms with E-state index in [0.29, 0.717) is 0 Å². The largest absolute Gasteiger partial charge is 0.364 e. The van der Waals surface area contributed by atoms with Gasteiger partial charge in [0.2, 0.25) is 0 Å². The van der Waals surface area contributed by atoms with Crippen molar-refractivity contribution in [3.8, 4) is 0 Å². The molecule has 0 N–H and O–H groups in total. The minimum absolute atomic E-state index is 0.148. The highest BCUT2D eigenvalue weighted by Crippen LogP contribution is 2.57. The zero-order chi connectivity index (χ0) is 23.5. The van der Waals surface area contributed by atoms with Gasteiger partial charge >= 0.3 is 41.5 Å². The molecule has 0 aromatic rings. The van der Waals surface area contributed by atoms with Crippen LogP contribution in [0.4, 0.5) is 61.5 Å². The molecule has 174 valence electrons. The molecule has 0 amide bonds. The summed E-state index contributed by atoms with van der Waals surface area (Å²) in [5.41, 5.74) is 0. The fraction of sp³-hybridized carbons (Fsp3) is 1.00. The Morgan fingerprint density at radius 2 is 1.00 bits per heavy atom. The van der Waals surface area contributed by atoms with E-state index >= 15 is 0 Å². The molecule has 2 saturated heterocycles. The van der Waals surface area contributed by atoms with Crippen molar-refractivity contribution in [2.75, 3.05) is 6.61 Å². The smallest absolute Gasteiger partial charge is 0.330 e. The maximum absolute atomic E-state index is 13.1. The minimum Gasteiger partial charge on any atom is -0.330 e. The van der Waals surface area contributed by atoms with E-state index in [1.807, 2.05) is 0 Å². The first-order valence-corrected chi connectivity index (χ1v) is 7.31. The van der Waals surface area contributed by atoms with E-state index in [2.05, 4.69) is 9.47 Å². The van der Waals surface area contributed by atoms with E-state index < -0.39 is 66.9 Å². The van der Waals surface area contributed by atoms with E-state index in [0.717, 1.165) is 0 Å². The summed E-state index contributed by atoms with van der Waals surface area (Å²) in [5.74, 6) is -32.8. The van der Waals surface area contributed by atoms with Gasteiger partial charge in [-0.05, 0) is 0 Å². The Kier molecular flexibility index (Phi) is 6.02.